The van der Waals surface area contributed by atoms with E-state index in [-0.39, 0.29) is 23.9 Å². The number of hydrogen-bond acceptors (Lipinski definition) is 3. The molecule has 0 saturated heterocycles. The monoisotopic (exact) mass is 306 g/mol. The molecule has 21 heavy (non-hydrogen) atoms. The van der Waals surface area contributed by atoms with Gasteiger partial charge in [0.15, 0.2) is 5.69 Å². The molecule has 1 amide bonds. The Morgan fingerprint density at radius 1 is 1.52 bits per heavy atom. The molecule has 1 aromatic rings. The third kappa shape index (κ3) is 4.20. The molecule has 0 aliphatic carbocycles. The quantitative estimate of drug-likeness (QED) is 0.901. The Hall–Kier alpha value is -1.57. The van der Waals surface area contributed by atoms with Crippen LogP contribution in [0.4, 0.5) is 13.2 Å². The largest absolute Gasteiger partial charge is 0.435 e. The normalized spacial score (nSPS) is 14.9. The molecule has 0 aliphatic heterocycles. The molecule has 2 N–H and O–H groups in total. The van der Waals surface area contributed by atoms with Gasteiger partial charge in [-0.3, -0.25) is 9.48 Å². The molecule has 0 aromatic carbocycles. The maximum Gasteiger partial charge on any atom is 0.435 e. The number of nitrogens with zero attached hydrogens (tertiary/aromatic N) is 3. The van der Waals surface area contributed by atoms with Crippen molar-refractivity contribution in [2.75, 3.05) is 7.05 Å². The molecule has 1 rings (SSSR count). The van der Waals surface area contributed by atoms with Crippen molar-refractivity contribution in [2.45, 2.75) is 39.0 Å². The van der Waals surface area contributed by atoms with Crippen LogP contribution in [-0.2, 0) is 24.6 Å². The van der Waals surface area contributed by atoms with Gasteiger partial charge in [0.1, 0.15) is 0 Å². The second-order valence-corrected chi connectivity index (χ2v) is 5.28. The van der Waals surface area contributed by atoms with E-state index in [1.807, 2.05) is 13.8 Å². The molecular weight excluding hydrogens is 285 g/mol. The maximum absolute atomic E-state index is 12.9. The first-order valence-corrected chi connectivity index (χ1v) is 6.68. The van der Waals surface area contributed by atoms with Gasteiger partial charge in [0, 0.05) is 32.4 Å². The maximum atomic E-state index is 12.9. The lowest BCUT2D eigenvalue weighted by Crippen LogP contribution is -2.45. The van der Waals surface area contributed by atoms with Crippen LogP contribution in [0.15, 0.2) is 6.20 Å². The fourth-order valence-corrected chi connectivity index (χ4v) is 1.98. The zero-order valence-electron chi connectivity index (χ0n) is 12.6. The van der Waals surface area contributed by atoms with E-state index >= 15 is 0 Å². The van der Waals surface area contributed by atoms with Gasteiger partial charge in [-0.05, 0) is 5.92 Å². The molecule has 1 heterocycles. The van der Waals surface area contributed by atoms with Crippen LogP contribution in [-0.4, -0.2) is 33.7 Å². The predicted octanol–water partition coefficient (Wildman–Crippen LogP) is 1.77. The van der Waals surface area contributed by atoms with E-state index in [0.717, 1.165) is 11.1 Å². The van der Waals surface area contributed by atoms with Crippen LogP contribution in [0.25, 0.3) is 0 Å². The van der Waals surface area contributed by atoms with Gasteiger partial charge in [-0.1, -0.05) is 20.3 Å². The number of aryl methyl sites for hydroxylation is 1. The molecule has 0 bridgehead atoms. The number of rotatable bonds is 5. The lowest BCUT2D eigenvalue weighted by atomic mass is 9.99. The van der Waals surface area contributed by atoms with Crippen LogP contribution in [0.2, 0.25) is 0 Å². The molecular formula is C13H21F3N4O. The molecule has 120 valence electrons. The second kappa shape index (κ2) is 6.46. The number of carbonyl (C=O) groups excluding carboxylic acids is 1. The van der Waals surface area contributed by atoms with Gasteiger partial charge in [0.2, 0.25) is 5.91 Å². The van der Waals surface area contributed by atoms with Crippen molar-refractivity contribution in [3.8, 4) is 0 Å². The van der Waals surface area contributed by atoms with Gasteiger partial charge in [-0.2, -0.15) is 18.3 Å². The van der Waals surface area contributed by atoms with Crippen LogP contribution in [0.5, 0.6) is 0 Å². The summed E-state index contributed by atoms with van der Waals surface area (Å²) in [5, 5.41) is 3.41. The fourth-order valence-electron chi connectivity index (χ4n) is 1.98. The average molecular weight is 306 g/mol. The molecule has 0 unspecified atom stereocenters. The number of carbonyl (C=O) groups is 1. The van der Waals surface area contributed by atoms with Gasteiger partial charge in [0.25, 0.3) is 0 Å². The smallest absolute Gasteiger partial charge is 0.340 e. The second-order valence-electron chi connectivity index (χ2n) is 5.28. The predicted molar refractivity (Wildman–Crippen MR) is 72.1 cm³/mol. The van der Waals surface area contributed by atoms with Crippen molar-refractivity contribution in [1.29, 1.82) is 0 Å². The van der Waals surface area contributed by atoms with Crippen molar-refractivity contribution < 1.29 is 18.0 Å². The lowest BCUT2D eigenvalue weighted by Gasteiger charge is -2.24. The van der Waals surface area contributed by atoms with E-state index in [9.17, 15) is 18.0 Å². The molecule has 8 heteroatoms. The molecule has 0 spiro atoms. The molecule has 0 radical (unpaired) electrons. The lowest BCUT2D eigenvalue weighted by molar-refractivity contribution is -0.143. The van der Waals surface area contributed by atoms with E-state index in [0.29, 0.717) is 0 Å². The number of aromatic nitrogens is 2. The minimum atomic E-state index is -4.54. The highest BCUT2D eigenvalue weighted by Crippen LogP contribution is 2.31. The first-order chi connectivity index (χ1) is 9.57. The number of halogens is 3. The summed E-state index contributed by atoms with van der Waals surface area (Å²) in [6.45, 7) is 3.56. The number of likely N-dealkylation sites (N-methyl/N-ethyl adjacent to an activating group) is 1. The Bertz CT molecular complexity index is 498. The minimum absolute atomic E-state index is 0.0315. The van der Waals surface area contributed by atoms with Crippen LogP contribution < -0.4 is 5.73 Å². The fraction of sp³-hybridized carbons (Fsp3) is 0.692. The topological polar surface area (TPSA) is 64.2 Å². The summed E-state index contributed by atoms with van der Waals surface area (Å²) in [6, 6.07) is -0.717. The molecule has 2 atom stereocenters. The Morgan fingerprint density at radius 2 is 2.10 bits per heavy atom. The summed E-state index contributed by atoms with van der Waals surface area (Å²) < 4.78 is 39.6. The van der Waals surface area contributed by atoms with Crippen LogP contribution in [0.1, 0.15) is 31.5 Å². The van der Waals surface area contributed by atoms with Crippen molar-refractivity contribution in [1.82, 2.24) is 14.7 Å². The third-order valence-corrected chi connectivity index (χ3v) is 3.50. The molecule has 0 aliphatic rings. The highest BCUT2D eigenvalue weighted by molar-refractivity contribution is 5.81. The number of alkyl halides is 3. The standard InChI is InChI=1S/C13H21F3N4O/c1-5-8(2)10(17)12(21)19(3)6-9-7-20(4)18-11(9)13(14,15)16/h7-8,10H,5-6,17H2,1-4H3/t8-,10-/m1/s1. The Kier molecular flexibility index (Phi) is 5.38. The van der Waals surface area contributed by atoms with E-state index in [2.05, 4.69) is 5.10 Å². The molecule has 1 aromatic heterocycles. The van der Waals surface area contributed by atoms with Gasteiger partial charge in [-0.25, -0.2) is 0 Å². The summed E-state index contributed by atoms with van der Waals surface area (Å²) in [4.78, 5) is 13.3. The zero-order chi connectivity index (χ0) is 16.4. The van der Waals surface area contributed by atoms with Gasteiger partial charge >= 0.3 is 6.18 Å². The van der Waals surface area contributed by atoms with Crippen molar-refractivity contribution >= 4 is 5.91 Å². The summed E-state index contributed by atoms with van der Waals surface area (Å²) in [5.74, 6) is -0.405. The first-order valence-electron chi connectivity index (χ1n) is 6.68. The summed E-state index contributed by atoms with van der Waals surface area (Å²) in [6.07, 6.45) is -2.55. The number of amides is 1. The van der Waals surface area contributed by atoms with Crippen molar-refractivity contribution in [3.63, 3.8) is 0 Å². The number of hydrogen-bond donors (Lipinski definition) is 1. The molecule has 5 nitrogen and oxygen atoms in total. The van der Waals surface area contributed by atoms with Gasteiger partial charge in [-0.15, -0.1) is 0 Å². The van der Waals surface area contributed by atoms with E-state index in [1.165, 1.54) is 25.2 Å². The van der Waals surface area contributed by atoms with Crippen molar-refractivity contribution in [3.05, 3.63) is 17.5 Å². The first kappa shape index (κ1) is 17.5. The SMILES string of the molecule is CC[C@@H](C)[C@@H](N)C(=O)N(C)Cc1cn(C)nc1C(F)(F)F. The highest BCUT2D eigenvalue weighted by atomic mass is 19.4. The Balaban J connectivity index is 2.89. The van der Waals surface area contributed by atoms with Crippen LogP contribution in [0, 0.1) is 5.92 Å². The Labute approximate surface area is 121 Å². The summed E-state index contributed by atoms with van der Waals surface area (Å²) in [5.41, 5.74) is 4.81. The third-order valence-electron chi connectivity index (χ3n) is 3.50. The van der Waals surface area contributed by atoms with Gasteiger partial charge in [0.05, 0.1) is 6.04 Å². The van der Waals surface area contributed by atoms with Gasteiger partial charge < -0.3 is 10.6 Å². The highest BCUT2D eigenvalue weighted by Gasteiger charge is 2.37. The molecule has 0 fully saturated rings. The average Bonchev–Trinajstić information content (AvgIpc) is 2.76. The van der Waals surface area contributed by atoms with E-state index in [1.54, 1.807) is 0 Å². The number of nitrogens with two attached hydrogens (primary N) is 1. The van der Waals surface area contributed by atoms with Crippen LogP contribution >= 0.6 is 0 Å². The van der Waals surface area contributed by atoms with E-state index in [4.69, 9.17) is 5.73 Å². The summed E-state index contributed by atoms with van der Waals surface area (Å²) in [7, 11) is 2.85. The zero-order valence-corrected chi connectivity index (χ0v) is 12.6. The summed E-state index contributed by atoms with van der Waals surface area (Å²) >= 11 is 0. The van der Waals surface area contributed by atoms with E-state index < -0.39 is 17.9 Å². The minimum Gasteiger partial charge on any atom is -0.340 e. The van der Waals surface area contributed by atoms with Crippen molar-refractivity contribution in [2.24, 2.45) is 18.7 Å². The van der Waals surface area contributed by atoms with Crippen LogP contribution in [0.3, 0.4) is 0 Å². The Morgan fingerprint density at radius 3 is 2.57 bits per heavy atom. The molecule has 0 saturated carbocycles.